The number of nitrogens with zero attached hydrogens (tertiary/aromatic N) is 2. The molecule has 15 heavy (non-hydrogen) atoms. The summed E-state index contributed by atoms with van der Waals surface area (Å²) in [5, 5.41) is 0.954. The van der Waals surface area contributed by atoms with Crippen molar-refractivity contribution in [3.8, 4) is 0 Å². The van der Waals surface area contributed by atoms with Crippen LogP contribution in [0.1, 0.15) is 25.7 Å². The summed E-state index contributed by atoms with van der Waals surface area (Å²) in [7, 11) is -2.16. The van der Waals surface area contributed by atoms with E-state index in [4.69, 9.17) is 0 Å². The van der Waals surface area contributed by atoms with Gasteiger partial charge in [-0.25, -0.2) is 9.97 Å². The molecule has 2 aliphatic rings. The van der Waals surface area contributed by atoms with Crippen LogP contribution in [-0.4, -0.2) is 21.3 Å². The Morgan fingerprint density at radius 1 is 1.27 bits per heavy atom. The first-order chi connectivity index (χ1) is 7.23. The fraction of sp³-hybridized carbons (Fsp3) is 0.600. The Morgan fingerprint density at radius 3 is 2.33 bits per heavy atom. The van der Waals surface area contributed by atoms with Gasteiger partial charge in [0.15, 0.2) is 0 Å². The van der Waals surface area contributed by atoms with Crippen LogP contribution in [0.3, 0.4) is 0 Å². The van der Waals surface area contributed by atoms with Gasteiger partial charge in [-0.15, -0.1) is 0 Å². The van der Waals surface area contributed by atoms with Gasteiger partial charge in [-0.3, -0.25) is 0 Å². The zero-order valence-electron chi connectivity index (χ0n) is 8.27. The Hall–Kier alpha value is 0.0400. The molecule has 1 heterocycles. The molecule has 0 amide bonds. The SMILES string of the molecule is O=P(c1cncnc1I)(C1CC1)C1CC1. The summed E-state index contributed by atoms with van der Waals surface area (Å²) in [5.41, 5.74) is 0.897. The molecule has 3 nitrogen and oxygen atoms in total. The normalized spacial score (nSPS) is 21.7. The lowest BCUT2D eigenvalue weighted by atomic mass is 10.7. The monoisotopic (exact) mass is 334 g/mol. The molecule has 80 valence electrons. The Labute approximate surface area is 103 Å². The molecule has 2 saturated carbocycles. The van der Waals surface area contributed by atoms with Crippen molar-refractivity contribution in [2.45, 2.75) is 37.0 Å². The fourth-order valence-electron chi connectivity index (χ4n) is 2.15. The van der Waals surface area contributed by atoms with Crippen molar-refractivity contribution in [1.82, 2.24) is 9.97 Å². The smallest absolute Gasteiger partial charge is 0.125 e. The van der Waals surface area contributed by atoms with Gasteiger partial charge in [0.05, 0.1) is 5.30 Å². The van der Waals surface area contributed by atoms with Crippen molar-refractivity contribution in [1.29, 1.82) is 0 Å². The number of aromatic nitrogens is 2. The largest absolute Gasteiger partial charge is 0.318 e. The first-order valence-corrected chi connectivity index (χ1v) is 8.21. The molecule has 3 rings (SSSR count). The Balaban J connectivity index is 2.09. The van der Waals surface area contributed by atoms with Crippen LogP contribution in [-0.2, 0) is 4.57 Å². The fourth-order valence-corrected chi connectivity index (χ4v) is 7.35. The summed E-state index contributed by atoms with van der Waals surface area (Å²) in [4.78, 5) is 8.21. The van der Waals surface area contributed by atoms with Gasteiger partial charge < -0.3 is 4.57 Å². The van der Waals surface area contributed by atoms with Crippen LogP contribution in [0, 0.1) is 3.70 Å². The quantitative estimate of drug-likeness (QED) is 0.484. The van der Waals surface area contributed by atoms with Gasteiger partial charge in [-0.05, 0) is 48.3 Å². The van der Waals surface area contributed by atoms with E-state index in [0.717, 1.165) is 34.7 Å². The molecule has 0 radical (unpaired) electrons. The van der Waals surface area contributed by atoms with Crippen molar-refractivity contribution in [3.05, 3.63) is 16.2 Å². The molecule has 0 spiro atoms. The van der Waals surface area contributed by atoms with Gasteiger partial charge in [0.25, 0.3) is 0 Å². The summed E-state index contributed by atoms with van der Waals surface area (Å²) in [5.74, 6) is 0. The third kappa shape index (κ3) is 1.66. The zero-order valence-corrected chi connectivity index (χ0v) is 11.3. The maximum Gasteiger partial charge on any atom is 0.125 e. The predicted molar refractivity (Wildman–Crippen MR) is 68.0 cm³/mol. The van der Waals surface area contributed by atoms with E-state index >= 15 is 0 Å². The minimum atomic E-state index is -2.16. The maximum absolute atomic E-state index is 13.1. The third-order valence-electron chi connectivity index (χ3n) is 3.20. The van der Waals surface area contributed by atoms with Gasteiger partial charge in [0, 0.05) is 17.5 Å². The molecule has 1 aromatic rings. The molecule has 0 bridgehead atoms. The average Bonchev–Trinajstić information content (AvgIpc) is 3.06. The highest BCUT2D eigenvalue weighted by atomic mass is 127. The number of hydrogen-bond acceptors (Lipinski definition) is 3. The molecule has 0 aromatic carbocycles. The standard InChI is InChI=1S/C10H12IN2OP/c11-10-9(5-12-6-13-10)15(14,7-1-2-7)8-3-4-8/h5-8H,1-4H2. The molecule has 5 heteroatoms. The molecule has 0 unspecified atom stereocenters. The summed E-state index contributed by atoms with van der Waals surface area (Å²) in [6.07, 6.45) is 7.87. The van der Waals surface area contributed by atoms with E-state index in [1.807, 2.05) is 0 Å². The molecule has 0 N–H and O–H groups in total. The predicted octanol–water partition coefficient (Wildman–Crippen LogP) is 2.39. The van der Waals surface area contributed by atoms with E-state index in [0.29, 0.717) is 11.3 Å². The van der Waals surface area contributed by atoms with Gasteiger partial charge in [-0.1, -0.05) is 0 Å². The number of halogens is 1. The Kier molecular flexibility index (Phi) is 2.40. The lowest BCUT2D eigenvalue weighted by molar-refractivity contribution is 0.579. The zero-order chi connectivity index (χ0) is 10.5. The maximum atomic E-state index is 13.1. The molecule has 0 aliphatic heterocycles. The van der Waals surface area contributed by atoms with E-state index in [9.17, 15) is 4.57 Å². The van der Waals surface area contributed by atoms with E-state index in [1.54, 1.807) is 6.20 Å². The average molecular weight is 334 g/mol. The van der Waals surface area contributed by atoms with Crippen LogP contribution in [0.25, 0.3) is 0 Å². The summed E-state index contributed by atoms with van der Waals surface area (Å²) >= 11 is 2.18. The van der Waals surface area contributed by atoms with Crippen LogP contribution in [0.5, 0.6) is 0 Å². The highest BCUT2D eigenvalue weighted by Gasteiger charge is 2.52. The van der Waals surface area contributed by atoms with Crippen molar-refractivity contribution in [2.75, 3.05) is 0 Å². The van der Waals surface area contributed by atoms with Gasteiger partial charge in [0.1, 0.15) is 17.2 Å². The first-order valence-electron chi connectivity index (χ1n) is 5.28. The summed E-state index contributed by atoms with van der Waals surface area (Å²) in [6, 6.07) is 0. The molecule has 0 atom stereocenters. The molecule has 2 fully saturated rings. The highest BCUT2D eigenvalue weighted by molar-refractivity contribution is 14.1. The second-order valence-corrected chi connectivity index (χ2v) is 8.75. The van der Waals surface area contributed by atoms with Crippen molar-refractivity contribution in [2.24, 2.45) is 0 Å². The minimum Gasteiger partial charge on any atom is -0.318 e. The van der Waals surface area contributed by atoms with Gasteiger partial charge in [-0.2, -0.15) is 0 Å². The second kappa shape index (κ2) is 3.52. The van der Waals surface area contributed by atoms with Crippen molar-refractivity contribution in [3.63, 3.8) is 0 Å². The van der Waals surface area contributed by atoms with Crippen LogP contribution in [0.15, 0.2) is 12.5 Å². The van der Waals surface area contributed by atoms with Gasteiger partial charge in [0.2, 0.25) is 0 Å². The van der Waals surface area contributed by atoms with Crippen molar-refractivity contribution < 1.29 is 4.57 Å². The van der Waals surface area contributed by atoms with Crippen LogP contribution >= 0.6 is 29.7 Å². The molecular formula is C10H12IN2OP. The minimum absolute atomic E-state index is 0.449. The lowest BCUT2D eigenvalue weighted by Gasteiger charge is -2.17. The van der Waals surface area contributed by atoms with Crippen molar-refractivity contribution >= 4 is 35.0 Å². The topological polar surface area (TPSA) is 42.9 Å². The summed E-state index contributed by atoms with van der Waals surface area (Å²) in [6.45, 7) is 0. The van der Waals surface area contributed by atoms with E-state index in [-0.39, 0.29) is 0 Å². The van der Waals surface area contributed by atoms with E-state index in [2.05, 4.69) is 32.6 Å². The highest BCUT2D eigenvalue weighted by Crippen LogP contribution is 2.69. The van der Waals surface area contributed by atoms with E-state index in [1.165, 1.54) is 6.33 Å². The Bertz CT molecular complexity index is 427. The molecule has 1 aromatic heterocycles. The van der Waals surface area contributed by atoms with Crippen LogP contribution in [0.2, 0.25) is 0 Å². The van der Waals surface area contributed by atoms with Gasteiger partial charge >= 0.3 is 0 Å². The lowest BCUT2D eigenvalue weighted by Crippen LogP contribution is -2.17. The number of rotatable bonds is 3. The second-order valence-electron chi connectivity index (χ2n) is 4.37. The first kappa shape index (κ1) is 10.2. The Morgan fingerprint density at radius 2 is 1.87 bits per heavy atom. The van der Waals surface area contributed by atoms with Crippen LogP contribution in [0.4, 0.5) is 0 Å². The molecular weight excluding hydrogens is 322 g/mol. The molecule has 2 aliphatic carbocycles. The molecule has 0 saturated heterocycles. The third-order valence-corrected chi connectivity index (χ3v) is 8.77. The van der Waals surface area contributed by atoms with Crippen LogP contribution < -0.4 is 5.30 Å². The summed E-state index contributed by atoms with van der Waals surface area (Å²) < 4.78 is 14.0. The van der Waals surface area contributed by atoms with E-state index < -0.39 is 7.14 Å². The number of hydrogen-bond donors (Lipinski definition) is 0.